The number of halogens is 2. The first kappa shape index (κ1) is 15.7. The topological polar surface area (TPSA) is 29.1 Å². The fourth-order valence-corrected chi connectivity index (χ4v) is 3.71. The van der Waals surface area contributed by atoms with Crippen molar-refractivity contribution in [2.45, 2.75) is 45.1 Å². The monoisotopic (exact) mass is 313 g/mol. The Balaban J connectivity index is 2.16. The molecule has 1 aliphatic carbocycles. The molecule has 2 unspecified atom stereocenters. The minimum Gasteiger partial charge on any atom is -0.345 e. The van der Waals surface area contributed by atoms with Crippen LogP contribution in [0.4, 0.5) is 0 Å². The van der Waals surface area contributed by atoms with Crippen LogP contribution < -0.4 is 5.32 Å². The van der Waals surface area contributed by atoms with Gasteiger partial charge in [-0.1, -0.05) is 31.4 Å². The SMILES string of the molecule is Cc1cc(Cl)cc(C(=O)NC2(CCl)CCCC(C)C2)c1. The van der Waals surface area contributed by atoms with Gasteiger partial charge in [0.05, 0.1) is 5.54 Å². The van der Waals surface area contributed by atoms with Gasteiger partial charge in [0.2, 0.25) is 0 Å². The smallest absolute Gasteiger partial charge is 0.251 e. The van der Waals surface area contributed by atoms with Crippen LogP contribution >= 0.6 is 23.2 Å². The quantitative estimate of drug-likeness (QED) is 0.814. The van der Waals surface area contributed by atoms with E-state index in [0.717, 1.165) is 24.8 Å². The number of amides is 1. The van der Waals surface area contributed by atoms with Gasteiger partial charge in [-0.05, 0) is 49.4 Å². The van der Waals surface area contributed by atoms with Gasteiger partial charge in [0.1, 0.15) is 0 Å². The number of rotatable bonds is 3. The summed E-state index contributed by atoms with van der Waals surface area (Å²) < 4.78 is 0. The highest BCUT2D eigenvalue weighted by Gasteiger charge is 2.35. The summed E-state index contributed by atoms with van der Waals surface area (Å²) in [4.78, 5) is 12.5. The van der Waals surface area contributed by atoms with Gasteiger partial charge in [-0.3, -0.25) is 4.79 Å². The summed E-state index contributed by atoms with van der Waals surface area (Å²) in [6.45, 7) is 4.15. The molecular weight excluding hydrogens is 293 g/mol. The highest BCUT2D eigenvalue weighted by molar-refractivity contribution is 6.31. The lowest BCUT2D eigenvalue weighted by atomic mass is 9.77. The second kappa shape index (κ2) is 6.36. The number of nitrogens with one attached hydrogen (secondary N) is 1. The molecule has 2 nitrogen and oxygen atoms in total. The maximum Gasteiger partial charge on any atom is 0.251 e. The number of hydrogen-bond acceptors (Lipinski definition) is 1. The van der Waals surface area contributed by atoms with Gasteiger partial charge in [-0.25, -0.2) is 0 Å². The average molecular weight is 314 g/mol. The summed E-state index contributed by atoms with van der Waals surface area (Å²) in [5.41, 5.74) is 1.32. The van der Waals surface area contributed by atoms with Crippen LogP contribution in [0, 0.1) is 12.8 Å². The van der Waals surface area contributed by atoms with Gasteiger partial charge in [0.25, 0.3) is 5.91 Å². The summed E-state index contributed by atoms with van der Waals surface area (Å²) in [7, 11) is 0. The molecule has 0 aliphatic heterocycles. The van der Waals surface area contributed by atoms with Crippen LogP contribution in [0.25, 0.3) is 0 Å². The summed E-state index contributed by atoms with van der Waals surface area (Å²) >= 11 is 12.2. The Labute approximate surface area is 130 Å². The van der Waals surface area contributed by atoms with E-state index in [0.29, 0.717) is 22.4 Å². The molecule has 0 bridgehead atoms. The van der Waals surface area contributed by atoms with Crippen LogP contribution in [0.2, 0.25) is 5.02 Å². The molecule has 1 amide bonds. The Hall–Kier alpha value is -0.730. The lowest BCUT2D eigenvalue weighted by Gasteiger charge is -2.39. The van der Waals surface area contributed by atoms with Gasteiger partial charge in [0, 0.05) is 16.5 Å². The predicted octanol–water partition coefficient (Wildman–Crippen LogP) is 4.57. The van der Waals surface area contributed by atoms with Gasteiger partial charge < -0.3 is 5.32 Å². The van der Waals surface area contributed by atoms with Gasteiger partial charge in [0.15, 0.2) is 0 Å². The van der Waals surface area contributed by atoms with Crippen molar-refractivity contribution in [2.75, 3.05) is 5.88 Å². The standard InChI is InChI=1S/C16H21Cl2NO/c1-11-4-3-5-16(9-11,10-17)19-15(20)13-6-12(2)7-14(18)8-13/h6-8,11H,3-5,9-10H2,1-2H3,(H,19,20). The minimum absolute atomic E-state index is 0.0784. The first-order valence-electron chi connectivity index (χ1n) is 7.10. The highest BCUT2D eigenvalue weighted by Crippen LogP contribution is 2.33. The summed E-state index contributed by atoms with van der Waals surface area (Å²) in [5, 5.41) is 3.74. The first-order valence-corrected chi connectivity index (χ1v) is 8.01. The van der Waals surface area contributed by atoms with Crippen molar-refractivity contribution >= 4 is 29.1 Å². The second-order valence-corrected chi connectivity index (χ2v) is 6.79. The van der Waals surface area contributed by atoms with Crippen molar-refractivity contribution in [2.24, 2.45) is 5.92 Å². The lowest BCUT2D eigenvalue weighted by Crippen LogP contribution is -2.52. The van der Waals surface area contributed by atoms with E-state index in [4.69, 9.17) is 23.2 Å². The Kier molecular flexibility index (Phi) is 4.98. The molecule has 1 N–H and O–H groups in total. The van der Waals surface area contributed by atoms with E-state index in [1.54, 1.807) is 6.07 Å². The van der Waals surface area contributed by atoms with Gasteiger partial charge in [-0.2, -0.15) is 0 Å². The third-order valence-corrected chi connectivity index (χ3v) is 4.76. The van der Waals surface area contributed by atoms with E-state index in [9.17, 15) is 4.79 Å². The molecule has 1 saturated carbocycles. The van der Waals surface area contributed by atoms with Crippen molar-refractivity contribution in [1.29, 1.82) is 0 Å². The lowest BCUT2D eigenvalue weighted by molar-refractivity contribution is 0.0867. The van der Waals surface area contributed by atoms with Crippen LogP contribution in [-0.2, 0) is 0 Å². The molecular formula is C16H21Cl2NO. The molecule has 1 fully saturated rings. The van der Waals surface area contributed by atoms with Crippen molar-refractivity contribution in [1.82, 2.24) is 5.32 Å². The van der Waals surface area contributed by atoms with Crippen LogP contribution in [0.5, 0.6) is 0 Å². The van der Waals surface area contributed by atoms with E-state index < -0.39 is 0 Å². The number of carbonyl (C=O) groups is 1. The molecule has 110 valence electrons. The van der Waals surface area contributed by atoms with E-state index in [-0.39, 0.29) is 11.4 Å². The van der Waals surface area contributed by atoms with E-state index in [2.05, 4.69) is 12.2 Å². The number of carbonyl (C=O) groups excluding carboxylic acids is 1. The van der Waals surface area contributed by atoms with Crippen molar-refractivity contribution < 1.29 is 4.79 Å². The third kappa shape index (κ3) is 3.67. The summed E-state index contributed by atoms with van der Waals surface area (Å²) in [6, 6.07) is 5.41. The average Bonchev–Trinajstić information content (AvgIpc) is 2.37. The zero-order valence-corrected chi connectivity index (χ0v) is 13.5. The molecule has 1 aromatic rings. The maximum absolute atomic E-state index is 12.5. The largest absolute Gasteiger partial charge is 0.345 e. The van der Waals surface area contributed by atoms with Crippen LogP contribution in [0.3, 0.4) is 0 Å². The Morgan fingerprint density at radius 2 is 2.20 bits per heavy atom. The zero-order valence-electron chi connectivity index (χ0n) is 12.0. The summed E-state index contributed by atoms with van der Waals surface area (Å²) in [6.07, 6.45) is 4.22. The molecule has 0 heterocycles. The predicted molar refractivity (Wildman–Crippen MR) is 84.7 cm³/mol. The molecule has 0 aromatic heterocycles. The van der Waals surface area contributed by atoms with E-state index in [1.165, 1.54) is 6.42 Å². The van der Waals surface area contributed by atoms with Crippen molar-refractivity contribution in [3.8, 4) is 0 Å². The molecule has 0 saturated heterocycles. The number of alkyl halides is 1. The maximum atomic E-state index is 12.5. The van der Waals surface area contributed by atoms with E-state index >= 15 is 0 Å². The Morgan fingerprint density at radius 3 is 2.80 bits per heavy atom. The van der Waals surface area contributed by atoms with Crippen LogP contribution in [0.15, 0.2) is 18.2 Å². The molecule has 2 rings (SSSR count). The minimum atomic E-state index is -0.271. The summed E-state index contributed by atoms with van der Waals surface area (Å²) in [5.74, 6) is 0.983. The zero-order chi connectivity index (χ0) is 14.8. The fourth-order valence-electron chi connectivity index (χ4n) is 3.11. The van der Waals surface area contributed by atoms with Gasteiger partial charge in [-0.15, -0.1) is 11.6 Å². The molecule has 2 atom stereocenters. The Bertz CT molecular complexity index is 483. The molecule has 1 aromatic carbocycles. The Morgan fingerprint density at radius 1 is 1.45 bits per heavy atom. The molecule has 1 aliphatic rings. The van der Waals surface area contributed by atoms with E-state index in [1.807, 2.05) is 19.1 Å². The highest BCUT2D eigenvalue weighted by atomic mass is 35.5. The van der Waals surface area contributed by atoms with Crippen molar-refractivity contribution in [3.63, 3.8) is 0 Å². The number of hydrogen-bond donors (Lipinski definition) is 1. The number of aryl methyl sites for hydroxylation is 1. The third-order valence-electron chi connectivity index (χ3n) is 4.03. The molecule has 0 radical (unpaired) electrons. The molecule has 4 heteroatoms. The van der Waals surface area contributed by atoms with Crippen molar-refractivity contribution in [3.05, 3.63) is 34.3 Å². The first-order chi connectivity index (χ1) is 9.44. The van der Waals surface area contributed by atoms with Crippen LogP contribution in [-0.4, -0.2) is 17.3 Å². The van der Waals surface area contributed by atoms with Gasteiger partial charge >= 0.3 is 0 Å². The van der Waals surface area contributed by atoms with Crippen LogP contribution in [0.1, 0.15) is 48.5 Å². The fraction of sp³-hybridized carbons (Fsp3) is 0.562. The normalized spacial score (nSPS) is 26.3. The second-order valence-electron chi connectivity index (χ2n) is 6.09. The number of benzene rings is 1. The molecule has 20 heavy (non-hydrogen) atoms. The molecule has 0 spiro atoms.